The largest absolute Gasteiger partial charge is 0.463 e. The van der Waals surface area contributed by atoms with Gasteiger partial charge in [0.15, 0.2) is 0 Å². The lowest BCUT2D eigenvalue weighted by Crippen LogP contribution is -2.27. The van der Waals surface area contributed by atoms with Gasteiger partial charge in [0.05, 0.1) is 6.61 Å². The summed E-state index contributed by atoms with van der Waals surface area (Å²) in [5.41, 5.74) is 0.144. The second-order valence-electron chi connectivity index (χ2n) is 6.20. The predicted octanol–water partition coefficient (Wildman–Crippen LogP) is 5.59. The summed E-state index contributed by atoms with van der Waals surface area (Å²) in [5, 5.41) is 4.31. The molecular formula is C18H20BrNO4S. The number of benzene rings is 1. The highest BCUT2D eigenvalue weighted by Gasteiger charge is 2.19. The number of carbonyl (C=O) groups is 2. The van der Waals surface area contributed by atoms with Crippen LogP contribution in [0.5, 0.6) is 0 Å². The van der Waals surface area contributed by atoms with Gasteiger partial charge in [0.2, 0.25) is 0 Å². The fourth-order valence-corrected chi connectivity index (χ4v) is 3.50. The first-order valence-electron chi connectivity index (χ1n) is 7.76. The molecule has 1 aromatic carbocycles. The van der Waals surface area contributed by atoms with Gasteiger partial charge in [-0.15, -0.1) is 11.3 Å². The minimum atomic E-state index is -0.593. The zero-order valence-corrected chi connectivity index (χ0v) is 16.9. The maximum Gasteiger partial charge on any atom is 0.412 e. The summed E-state index contributed by atoms with van der Waals surface area (Å²) in [5.74, 6) is -0.430. The van der Waals surface area contributed by atoms with E-state index < -0.39 is 17.7 Å². The average Bonchev–Trinajstić information content (AvgIpc) is 2.80. The molecule has 0 fully saturated rings. The first-order valence-corrected chi connectivity index (χ1v) is 9.37. The lowest BCUT2D eigenvalue weighted by atomic mass is 10.1. The molecule has 0 aliphatic rings. The molecule has 1 heterocycles. The number of amides is 1. The number of esters is 1. The van der Waals surface area contributed by atoms with Crippen LogP contribution >= 0.6 is 27.3 Å². The third-order valence-electron chi connectivity index (χ3n) is 2.98. The lowest BCUT2D eigenvalue weighted by molar-refractivity contribution is -0.137. The van der Waals surface area contributed by atoms with Gasteiger partial charge < -0.3 is 9.47 Å². The van der Waals surface area contributed by atoms with Crippen molar-refractivity contribution in [2.75, 3.05) is 11.9 Å². The minimum absolute atomic E-state index is 0.308. The third-order valence-corrected chi connectivity index (χ3v) is 4.57. The molecule has 0 spiro atoms. The summed E-state index contributed by atoms with van der Waals surface area (Å²) >= 11 is 4.86. The van der Waals surface area contributed by atoms with Crippen LogP contribution in [-0.2, 0) is 14.3 Å². The zero-order chi connectivity index (χ0) is 18.6. The summed E-state index contributed by atoms with van der Waals surface area (Å²) in [4.78, 5) is 23.7. The Balaban J connectivity index is 2.39. The van der Waals surface area contributed by atoms with Crippen molar-refractivity contribution in [3.63, 3.8) is 0 Å². The molecule has 0 bridgehead atoms. The molecule has 25 heavy (non-hydrogen) atoms. The van der Waals surface area contributed by atoms with Gasteiger partial charge in [-0.3, -0.25) is 5.32 Å². The number of nitrogens with one attached hydrogen (secondary N) is 1. The van der Waals surface area contributed by atoms with Crippen molar-refractivity contribution in [1.82, 2.24) is 0 Å². The van der Waals surface area contributed by atoms with Crippen LogP contribution in [0.3, 0.4) is 0 Å². The Bertz CT molecular complexity index is 820. The minimum Gasteiger partial charge on any atom is -0.463 e. The van der Waals surface area contributed by atoms with Gasteiger partial charge >= 0.3 is 12.1 Å². The molecule has 2 rings (SSSR count). The third kappa shape index (κ3) is 5.57. The molecule has 1 aromatic heterocycles. The van der Waals surface area contributed by atoms with Crippen LogP contribution in [0.25, 0.3) is 16.2 Å². The van der Waals surface area contributed by atoms with Crippen LogP contribution in [0.2, 0.25) is 0 Å². The number of halogens is 1. The van der Waals surface area contributed by atoms with Crippen molar-refractivity contribution >= 4 is 60.5 Å². The standard InChI is InChI=1S/C18H20BrNO4S/c1-5-23-15(21)9-7-12-13-10-11(19)6-8-14(13)25-16(12)20-17(22)24-18(2,3)4/h6-10H,5H2,1-4H3,(H,20,22)/b9-7+. The van der Waals surface area contributed by atoms with E-state index >= 15 is 0 Å². The van der Waals surface area contributed by atoms with Crippen molar-refractivity contribution in [2.45, 2.75) is 33.3 Å². The average molecular weight is 426 g/mol. The molecule has 0 saturated heterocycles. The monoisotopic (exact) mass is 425 g/mol. The van der Waals surface area contributed by atoms with Crippen molar-refractivity contribution in [1.29, 1.82) is 0 Å². The number of anilines is 1. The smallest absolute Gasteiger partial charge is 0.412 e. The van der Waals surface area contributed by atoms with Gasteiger partial charge in [-0.2, -0.15) is 0 Å². The fraction of sp³-hybridized carbons (Fsp3) is 0.333. The maximum absolute atomic E-state index is 12.1. The Hall–Kier alpha value is -1.86. The van der Waals surface area contributed by atoms with E-state index in [1.165, 1.54) is 17.4 Å². The van der Waals surface area contributed by atoms with Crippen LogP contribution in [0.15, 0.2) is 28.7 Å². The molecule has 0 unspecified atom stereocenters. The van der Waals surface area contributed by atoms with E-state index in [-0.39, 0.29) is 0 Å². The maximum atomic E-state index is 12.1. The van der Waals surface area contributed by atoms with Crippen molar-refractivity contribution in [2.24, 2.45) is 0 Å². The molecule has 1 amide bonds. The Kier molecular flexibility index (Phi) is 6.24. The van der Waals surface area contributed by atoms with Crippen LogP contribution < -0.4 is 5.32 Å². The lowest BCUT2D eigenvalue weighted by Gasteiger charge is -2.19. The van der Waals surface area contributed by atoms with E-state index in [0.29, 0.717) is 11.6 Å². The molecule has 2 aromatic rings. The van der Waals surface area contributed by atoms with E-state index in [9.17, 15) is 9.59 Å². The second-order valence-corrected chi connectivity index (χ2v) is 8.17. The van der Waals surface area contributed by atoms with Gasteiger partial charge in [0.25, 0.3) is 0 Å². The molecule has 0 atom stereocenters. The van der Waals surface area contributed by atoms with Gasteiger partial charge in [-0.05, 0) is 52.0 Å². The summed E-state index contributed by atoms with van der Waals surface area (Å²) in [6.07, 6.45) is 2.46. The highest BCUT2D eigenvalue weighted by atomic mass is 79.9. The number of hydrogen-bond acceptors (Lipinski definition) is 5. The molecule has 0 saturated carbocycles. The van der Waals surface area contributed by atoms with Crippen molar-refractivity contribution < 1.29 is 19.1 Å². The predicted molar refractivity (Wildman–Crippen MR) is 105 cm³/mol. The number of fused-ring (bicyclic) bond motifs is 1. The molecule has 134 valence electrons. The van der Waals surface area contributed by atoms with Gasteiger partial charge in [0, 0.05) is 26.2 Å². The van der Waals surface area contributed by atoms with Gasteiger partial charge in [0.1, 0.15) is 10.6 Å². The topological polar surface area (TPSA) is 64.6 Å². The van der Waals surface area contributed by atoms with E-state index in [2.05, 4.69) is 21.2 Å². The molecule has 0 aliphatic heterocycles. The van der Waals surface area contributed by atoms with Crippen LogP contribution in [-0.4, -0.2) is 24.3 Å². The van der Waals surface area contributed by atoms with Crippen LogP contribution in [0, 0.1) is 0 Å². The SMILES string of the molecule is CCOC(=O)/C=C/c1c(NC(=O)OC(C)(C)C)sc2ccc(Br)cc12. The van der Waals surface area contributed by atoms with Crippen LogP contribution in [0.1, 0.15) is 33.3 Å². The summed E-state index contributed by atoms with van der Waals surface area (Å²) < 4.78 is 12.1. The van der Waals surface area contributed by atoms with Gasteiger partial charge in [-0.1, -0.05) is 15.9 Å². The molecular weight excluding hydrogens is 406 g/mol. The Morgan fingerprint density at radius 1 is 1.32 bits per heavy atom. The van der Waals surface area contributed by atoms with E-state index in [1.807, 2.05) is 18.2 Å². The highest BCUT2D eigenvalue weighted by Crippen LogP contribution is 2.38. The molecule has 0 aliphatic carbocycles. The second kappa shape index (κ2) is 8.01. The summed E-state index contributed by atoms with van der Waals surface area (Å²) in [6, 6.07) is 5.82. The fourth-order valence-electron chi connectivity index (χ4n) is 2.09. The number of carbonyl (C=O) groups excluding carboxylic acids is 2. The molecule has 1 N–H and O–H groups in total. The van der Waals surface area contributed by atoms with Crippen molar-refractivity contribution in [3.05, 3.63) is 34.3 Å². The quantitative estimate of drug-likeness (QED) is 0.512. The first kappa shape index (κ1) is 19.5. The van der Waals surface area contributed by atoms with Crippen molar-refractivity contribution in [3.8, 4) is 0 Å². The number of hydrogen-bond donors (Lipinski definition) is 1. The highest BCUT2D eigenvalue weighted by molar-refractivity contribution is 9.10. The van der Waals surface area contributed by atoms with E-state index in [4.69, 9.17) is 9.47 Å². The van der Waals surface area contributed by atoms with Crippen LogP contribution in [0.4, 0.5) is 9.80 Å². The number of thiophene rings is 1. The molecule has 0 radical (unpaired) electrons. The zero-order valence-electron chi connectivity index (χ0n) is 14.5. The van der Waals surface area contributed by atoms with E-state index in [1.54, 1.807) is 33.8 Å². The Labute approximate surface area is 159 Å². The molecule has 5 nitrogen and oxygen atoms in total. The summed E-state index contributed by atoms with van der Waals surface area (Å²) in [7, 11) is 0. The van der Waals surface area contributed by atoms with E-state index in [0.717, 1.165) is 20.1 Å². The number of ether oxygens (including phenoxy) is 2. The summed E-state index contributed by atoms with van der Waals surface area (Å²) in [6.45, 7) is 7.46. The first-order chi connectivity index (χ1) is 11.7. The number of rotatable bonds is 4. The Morgan fingerprint density at radius 2 is 2.04 bits per heavy atom. The van der Waals surface area contributed by atoms with Gasteiger partial charge in [-0.25, -0.2) is 9.59 Å². The Morgan fingerprint density at radius 3 is 2.68 bits per heavy atom. The normalized spacial score (nSPS) is 11.7. The molecule has 7 heteroatoms.